The molecule has 0 atom stereocenters. The monoisotopic (exact) mass is 565 g/mol. The van der Waals surface area contributed by atoms with Gasteiger partial charge in [0.25, 0.3) is 5.91 Å². The van der Waals surface area contributed by atoms with Crippen molar-refractivity contribution in [1.29, 1.82) is 0 Å². The number of hydrogen-bond donors (Lipinski definition) is 2. The molecule has 5 rings (SSSR count). The molecule has 0 aliphatic carbocycles. The Bertz CT molecular complexity index is 1380. The van der Waals surface area contributed by atoms with Crippen LogP contribution in [0.5, 0.6) is 0 Å². The van der Waals surface area contributed by atoms with Crippen molar-refractivity contribution >= 4 is 58.0 Å². The molecule has 0 bridgehead atoms. The number of imidazole rings is 1. The Kier molecular flexibility index (Phi) is 8.36. The van der Waals surface area contributed by atoms with Crippen molar-refractivity contribution in [3.05, 3.63) is 93.7 Å². The average molecular weight is 566 g/mol. The van der Waals surface area contributed by atoms with E-state index in [1.807, 2.05) is 47.6 Å². The highest BCUT2D eigenvalue weighted by atomic mass is 35.5. The maximum atomic E-state index is 13.4. The lowest BCUT2D eigenvalue weighted by atomic mass is 9.89. The molecular formula is C28H28ClN5O2S2. The normalized spacial score (nSPS) is 13.9. The molecule has 4 aromatic rings. The maximum Gasteiger partial charge on any atom is 0.326 e. The Balaban J connectivity index is 1.28. The van der Waals surface area contributed by atoms with E-state index in [1.54, 1.807) is 41.3 Å². The van der Waals surface area contributed by atoms with Gasteiger partial charge in [-0.2, -0.15) is 0 Å². The van der Waals surface area contributed by atoms with Crippen molar-refractivity contribution in [2.24, 2.45) is 0 Å². The van der Waals surface area contributed by atoms with Gasteiger partial charge in [-0.3, -0.25) is 9.69 Å². The number of aromatic amines is 1. The first kappa shape index (κ1) is 26.3. The van der Waals surface area contributed by atoms with Gasteiger partial charge in [0.05, 0.1) is 33.5 Å². The number of carbonyl (C=O) groups excluding carboxylic acids is 2. The van der Waals surface area contributed by atoms with Gasteiger partial charge in [0.1, 0.15) is 0 Å². The number of urea groups is 1. The van der Waals surface area contributed by atoms with E-state index >= 15 is 0 Å². The van der Waals surface area contributed by atoms with Gasteiger partial charge < -0.3 is 15.2 Å². The van der Waals surface area contributed by atoms with E-state index in [2.05, 4.69) is 27.4 Å². The predicted octanol–water partition coefficient (Wildman–Crippen LogP) is 7.11. The molecule has 1 saturated heterocycles. The van der Waals surface area contributed by atoms with Crippen molar-refractivity contribution in [3.8, 4) is 0 Å². The van der Waals surface area contributed by atoms with Crippen LogP contribution < -0.4 is 10.2 Å². The molecule has 38 heavy (non-hydrogen) atoms. The number of H-pyrrole nitrogens is 1. The van der Waals surface area contributed by atoms with Crippen LogP contribution in [0.2, 0.25) is 4.34 Å². The van der Waals surface area contributed by atoms with Gasteiger partial charge in [0.15, 0.2) is 0 Å². The topological polar surface area (TPSA) is 81.3 Å². The molecule has 196 valence electrons. The first-order valence-corrected chi connectivity index (χ1v) is 14.8. The van der Waals surface area contributed by atoms with Gasteiger partial charge in [0, 0.05) is 29.9 Å². The Labute approximate surface area is 235 Å². The van der Waals surface area contributed by atoms with Crippen LogP contribution in [0.25, 0.3) is 0 Å². The van der Waals surface area contributed by atoms with E-state index in [-0.39, 0.29) is 11.9 Å². The smallest absolute Gasteiger partial charge is 0.326 e. The summed E-state index contributed by atoms with van der Waals surface area (Å²) in [5, 5.41) is 3.07. The van der Waals surface area contributed by atoms with Gasteiger partial charge in [0.2, 0.25) is 0 Å². The number of nitrogens with zero attached hydrogens (tertiary/aromatic N) is 3. The molecule has 1 fully saturated rings. The van der Waals surface area contributed by atoms with Crippen molar-refractivity contribution in [1.82, 2.24) is 14.9 Å². The third kappa shape index (κ3) is 6.06. The Morgan fingerprint density at radius 1 is 1.13 bits per heavy atom. The fraction of sp³-hybridized carbons (Fsp3) is 0.250. The van der Waals surface area contributed by atoms with Crippen LogP contribution in [0.15, 0.2) is 78.1 Å². The number of benzene rings is 2. The number of likely N-dealkylation sites (tertiary alicyclic amines) is 1. The number of anilines is 2. The summed E-state index contributed by atoms with van der Waals surface area (Å²) in [4.78, 5) is 38.7. The van der Waals surface area contributed by atoms with Crippen molar-refractivity contribution < 1.29 is 9.59 Å². The van der Waals surface area contributed by atoms with E-state index in [1.165, 1.54) is 16.9 Å². The van der Waals surface area contributed by atoms with Crippen molar-refractivity contribution in [2.45, 2.75) is 30.2 Å². The molecule has 1 aliphatic heterocycles. The van der Waals surface area contributed by atoms with E-state index < -0.39 is 0 Å². The average Bonchev–Trinajstić information content (AvgIpc) is 3.63. The van der Waals surface area contributed by atoms with E-state index in [0.29, 0.717) is 34.8 Å². The number of halogens is 1. The molecular weight excluding hydrogens is 538 g/mol. The molecule has 10 heteroatoms. The number of thioether (sulfide) groups is 1. The minimum atomic E-state index is -0.214. The van der Waals surface area contributed by atoms with Crippen LogP contribution in [0, 0.1) is 0 Å². The molecule has 0 radical (unpaired) electrons. The first-order valence-electron chi connectivity index (χ1n) is 12.3. The summed E-state index contributed by atoms with van der Waals surface area (Å²) in [6.07, 6.45) is 7.12. The summed E-state index contributed by atoms with van der Waals surface area (Å²) in [7, 11) is 0. The molecule has 7 nitrogen and oxygen atoms in total. The zero-order valence-electron chi connectivity index (χ0n) is 20.9. The summed E-state index contributed by atoms with van der Waals surface area (Å²) in [6, 6.07) is 19.3. The molecule has 3 amide bonds. The Hall–Kier alpha value is -3.27. The number of amides is 3. The predicted molar refractivity (Wildman–Crippen MR) is 156 cm³/mol. The summed E-state index contributed by atoms with van der Waals surface area (Å²) >= 11 is 8.92. The number of rotatable bonds is 7. The Morgan fingerprint density at radius 3 is 2.55 bits per heavy atom. The fourth-order valence-corrected chi connectivity index (χ4v) is 6.24. The van der Waals surface area contributed by atoms with E-state index in [0.717, 1.165) is 34.8 Å². The number of carbonyl (C=O) groups is 2. The zero-order valence-corrected chi connectivity index (χ0v) is 23.3. The number of thiophene rings is 1. The third-order valence-electron chi connectivity index (χ3n) is 6.72. The molecule has 2 N–H and O–H groups in total. The largest absolute Gasteiger partial charge is 0.347 e. The number of piperidine rings is 1. The highest BCUT2D eigenvalue weighted by Gasteiger charge is 2.26. The molecule has 2 aromatic carbocycles. The van der Waals surface area contributed by atoms with Crippen molar-refractivity contribution in [3.63, 3.8) is 0 Å². The summed E-state index contributed by atoms with van der Waals surface area (Å²) in [5.41, 5.74) is 3.63. The van der Waals surface area contributed by atoms with Crippen LogP contribution >= 0.6 is 34.7 Å². The molecule has 3 heterocycles. The van der Waals surface area contributed by atoms with Crippen LogP contribution in [0.4, 0.5) is 16.2 Å². The molecule has 0 unspecified atom stereocenters. The molecule has 0 saturated carbocycles. The standard InChI is InChI=1S/C28H28ClN5O2S2/c1-37-24-5-3-2-4-23(24)32-28(36)34(17-21-16-30-18-31-21)22-8-6-19(7-9-22)20-12-14-33(15-13-20)27(35)25-10-11-26(29)38-25/h2-11,16,18,20H,12-15,17H2,1H3,(H,30,31)(H,32,36). The van der Waals surface area contributed by atoms with Crippen LogP contribution in [-0.4, -0.2) is 46.2 Å². The lowest BCUT2D eigenvalue weighted by Gasteiger charge is -2.32. The highest BCUT2D eigenvalue weighted by molar-refractivity contribution is 7.98. The third-order valence-corrected chi connectivity index (χ3v) is 8.73. The zero-order chi connectivity index (χ0) is 26.5. The second-order valence-corrected chi connectivity index (χ2v) is 11.6. The van der Waals surface area contributed by atoms with Crippen molar-refractivity contribution in [2.75, 3.05) is 29.6 Å². The second-order valence-electron chi connectivity index (χ2n) is 9.06. The number of nitrogens with one attached hydrogen (secondary N) is 2. The maximum absolute atomic E-state index is 13.4. The minimum absolute atomic E-state index is 0.0548. The number of aromatic nitrogens is 2. The molecule has 2 aromatic heterocycles. The fourth-order valence-electron chi connectivity index (χ4n) is 4.68. The molecule has 1 aliphatic rings. The van der Waals surface area contributed by atoms with Gasteiger partial charge in [-0.15, -0.1) is 23.1 Å². The summed E-state index contributed by atoms with van der Waals surface area (Å²) in [6.45, 7) is 1.79. The lowest BCUT2D eigenvalue weighted by Crippen LogP contribution is -2.37. The van der Waals surface area contributed by atoms with Gasteiger partial charge in [-0.25, -0.2) is 9.78 Å². The van der Waals surface area contributed by atoms with Gasteiger partial charge in [-0.1, -0.05) is 35.9 Å². The Morgan fingerprint density at radius 2 is 1.89 bits per heavy atom. The van der Waals surface area contributed by atoms with Crippen LogP contribution in [-0.2, 0) is 6.54 Å². The summed E-state index contributed by atoms with van der Waals surface area (Å²) < 4.78 is 0.632. The van der Waals surface area contributed by atoms with Crippen LogP contribution in [0.1, 0.15) is 39.7 Å². The second kappa shape index (κ2) is 12.1. The van der Waals surface area contributed by atoms with Gasteiger partial charge >= 0.3 is 6.03 Å². The quantitative estimate of drug-likeness (QED) is 0.234. The SMILES string of the molecule is CSc1ccccc1NC(=O)N(Cc1cnc[nH]1)c1ccc(C2CCN(C(=O)c3ccc(Cl)s3)CC2)cc1. The first-order chi connectivity index (χ1) is 18.5. The number of para-hydroxylation sites is 1. The van der Waals surface area contributed by atoms with Crippen LogP contribution in [0.3, 0.4) is 0 Å². The van der Waals surface area contributed by atoms with Gasteiger partial charge in [-0.05, 0) is 67.0 Å². The number of hydrogen-bond acceptors (Lipinski definition) is 5. The van der Waals surface area contributed by atoms with E-state index in [4.69, 9.17) is 11.6 Å². The minimum Gasteiger partial charge on any atom is -0.347 e. The lowest BCUT2D eigenvalue weighted by molar-refractivity contribution is 0.0718. The van der Waals surface area contributed by atoms with E-state index in [9.17, 15) is 9.59 Å². The summed E-state index contributed by atoms with van der Waals surface area (Å²) in [5.74, 6) is 0.419. The highest BCUT2D eigenvalue weighted by Crippen LogP contribution is 2.32. The molecule has 0 spiro atoms.